The minimum Gasteiger partial charge on any atom is -0.427 e. The SMILES string of the molecule is CB1OCc2cc3c(cc21)COB3O.CB1OCc2cccc(C)c21.CB1OCc2cccc(F)c21.Nc1ccc2c(c1)B(O)OC2.O=[N+]([O-])c1ccc2c(c1)B(O)OC2. The Bertz CT molecular complexity index is 2280. The minimum absolute atomic E-state index is 0.0247. The molecule has 5 N–H and O–H groups in total. The summed E-state index contributed by atoms with van der Waals surface area (Å²) >= 11 is 0. The van der Waals surface area contributed by atoms with Crippen LogP contribution in [0.3, 0.4) is 0 Å². The quantitative estimate of drug-likeness (QED) is 0.0820. The highest BCUT2D eigenvalue weighted by atomic mass is 19.1. The second-order valence-corrected chi connectivity index (χ2v) is 15.2. The van der Waals surface area contributed by atoms with Crippen molar-refractivity contribution in [1.82, 2.24) is 0 Å². The monoisotopic (exact) mass is 812 g/mol. The fourth-order valence-electron chi connectivity index (χ4n) is 7.91. The van der Waals surface area contributed by atoms with Crippen LogP contribution in [0.1, 0.15) is 38.9 Å². The summed E-state index contributed by atoms with van der Waals surface area (Å²) in [6, 6.07) is 25.3. The second-order valence-electron chi connectivity index (χ2n) is 15.2. The lowest BCUT2D eigenvalue weighted by atomic mass is 9.62. The number of aryl methyl sites for hydroxylation is 1. The number of nitro groups is 1. The maximum Gasteiger partial charge on any atom is 0.492 e. The van der Waals surface area contributed by atoms with E-state index in [0.29, 0.717) is 51.1 Å². The minimum atomic E-state index is -1.02. The Labute approximate surface area is 350 Å². The summed E-state index contributed by atoms with van der Waals surface area (Å²) in [4.78, 5) is 9.90. The smallest absolute Gasteiger partial charge is 0.427 e. The standard InChI is InChI=1S/C9H10B2O3.C9H11BO.C8H8BFO.C7H6BNO4.C7H8BNO2/c1-10-8-2-7-5-14-11(12)9(7)3-6(8)4-13-10;1-7-4-3-5-8-6-11-10(2)9(7)8;1-9-8-6(5-11-9)3-2-4-7(8)10;10-8-7-3-6(9(11)12)2-1-5(7)4-13-8;9-6-2-1-5-4-11-8(10)7(5)3-6/h2-3,12H,4-5H2,1H3;3-5H,6H2,1-2H3;2-4H,5H2,1H3;1-3,10H,4H2;1-3,10H,4,9H2. The molecule has 0 radical (unpaired) electrons. The fourth-order valence-corrected chi connectivity index (χ4v) is 7.91. The van der Waals surface area contributed by atoms with Gasteiger partial charge in [0.15, 0.2) is 0 Å². The molecule has 0 unspecified atom stereocenters. The molecule has 0 fully saturated rings. The van der Waals surface area contributed by atoms with Crippen LogP contribution in [0.15, 0.2) is 84.9 Å². The number of anilines is 1. The van der Waals surface area contributed by atoms with Gasteiger partial charge in [0.25, 0.3) is 5.69 Å². The maximum atomic E-state index is 13.1. The molecule has 304 valence electrons. The van der Waals surface area contributed by atoms with Gasteiger partial charge in [0.05, 0.1) is 44.6 Å². The first-order valence-electron chi connectivity index (χ1n) is 19.7. The number of nitro benzene ring substituents is 1. The lowest BCUT2D eigenvalue weighted by Crippen LogP contribution is -2.32. The highest BCUT2D eigenvalue weighted by molar-refractivity contribution is 6.69. The van der Waals surface area contributed by atoms with Gasteiger partial charge in [-0.15, -0.1) is 0 Å². The molecule has 6 aliphatic heterocycles. The van der Waals surface area contributed by atoms with Gasteiger partial charge >= 0.3 is 42.1 Å². The molecule has 0 bridgehead atoms. The van der Waals surface area contributed by atoms with Crippen LogP contribution < -0.4 is 38.5 Å². The number of benzene rings is 5. The van der Waals surface area contributed by atoms with Crippen LogP contribution in [0.25, 0.3) is 0 Å². The molecule has 0 atom stereocenters. The Hall–Kier alpha value is -4.74. The topological polar surface area (TPSA) is 185 Å². The molecule has 6 heterocycles. The summed E-state index contributed by atoms with van der Waals surface area (Å²) in [6.07, 6.45) is 0. The molecule has 0 aliphatic carbocycles. The molecule has 0 saturated heterocycles. The lowest BCUT2D eigenvalue weighted by Gasteiger charge is -2.03. The highest BCUT2D eigenvalue weighted by Crippen LogP contribution is 2.18. The Morgan fingerprint density at radius 1 is 0.567 bits per heavy atom. The van der Waals surface area contributed by atoms with Crippen LogP contribution >= 0.6 is 0 Å². The van der Waals surface area contributed by atoms with Gasteiger partial charge in [-0.2, -0.15) is 0 Å². The Kier molecular flexibility index (Phi) is 13.7. The van der Waals surface area contributed by atoms with E-state index in [9.17, 15) is 29.6 Å². The van der Waals surface area contributed by atoms with Crippen molar-refractivity contribution in [2.24, 2.45) is 0 Å². The molecule has 0 amide bonds. The fraction of sp³-hybridized carbons (Fsp3) is 0.250. The summed E-state index contributed by atoms with van der Waals surface area (Å²) in [5, 5.41) is 38.4. The van der Waals surface area contributed by atoms with Crippen molar-refractivity contribution in [3.05, 3.63) is 140 Å². The summed E-state index contributed by atoms with van der Waals surface area (Å²) in [7, 11) is -2.55. The van der Waals surface area contributed by atoms with Crippen LogP contribution in [0.2, 0.25) is 20.5 Å². The molecule has 0 saturated carbocycles. The zero-order valence-corrected chi connectivity index (χ0v) is 33.8. The first-order valence-corrected chi connectivity index (χ1v) is 19.7. The third-order valence-electron chi connectivity index (χ3n) is 11.2. The average molecular weight is 812 g/mol. The number of hydrogen-bond donors (Lipinski definition) is 4. The molecule has 11 rings (SSSR count). The highest BCUT2D eigenvalue weighted by Gasteiger charge is 2.33. The van der Waals surface area contributed by atoms with E-state index in [-0.39, 0.29) is 25.3 Å². The van der Waals surface area contributed by atoms with Gasteiger partial charge in [-0.1, -0.05) is 80.6 Å². The van der Waals surface area contributed by atoms with E-state index in [2.05, 4.69) is 38.0 Å². The molecule has 0 aromatic heterocycles. The Morgan fingerprint density at radius 2 is 1.03 bits per heavy atom. The number of hydrogen-bond acceptors (Lipinski definition) is 12. The molecule has 0 spiro atoms. The molecule has 5 aromatic carbocycles. The van der Waals surface area contributed by atoms with E-state index in [1.807, 2.05) is 31.8 Å². The number of nitrogen functional groups attached to an aromatic ring is 1. The van der Waals surface area contributed by atoms with Gasteiger partial charge in [0, 0.05) is 17.8 Å². The van der Waals surface area contributed by atoms with Gasteiger partial charge in [-0.25, -0.2) is 4.39 Å². The predicted octanol–water partition coefficient (Wildman–Crippen LogP) is 1.10. The van der Waals surface area contributed by atoms with Gasteiger partial charge in [0.2, 0.25) is 0 Å². The van der Waals surface area contributed by atoms with E-state index in [4.69, 9.17) is 33.7 Å². The van der Waals surface area contributed by atoms with E-state index < -0.39 is 26.3 Å². The Balaban J connectivity index is 0.000000114. The molecular weight excluding hydrogens is 768 g/mol. The maximum absolute atomic E-state index is 13.1. The van der Waals surface area contributed by atoms with Crippen LogP contribution in [0.5, 0.6) is 0 Å². The molecule has 20 heteroatoms. The lowest BCUT2D eigenvalue weighted by molar-refractivity contribution is -0.384. The molecule has 13 nitrogen and oxygen atoms in total. The summed E-state index contributed by atoms with van der Waals surface area (Å²) in [5.41, 5.74) is 19.5. The predicted molar refractivity (Wildman–Crippen MR) is 233 cm³/mol. The van der Waals surface area contributed by atoms with E-state index in [1.54, 1.807) is 24.3 Å². The number of fused-ring (bicyclic) bond motifs is 6. The van der Waals surface area contributed by atoms with E-state index in [1.165, 1.54) is 45.8 Å². The summed E-state index contributed by atoms with van der Waals surface area (Å²) in [5.74, 6) is -0.146. The summed E-state index contributed by atoms with van der Waals surface area (Å²) in [6.45, 7) is 11.9. The first kappa shape index (κ1) is 43.4. The van der Waals surface area contributed by atoms with Crippen molar-refractivity contribution in [1.29, 1.82) is 0 Å². The number of halogens is 1. The molecular formula is C40H43B6FN2O11. The van der Waals surface area contributed by atoms with Crippen molar-refractivity contribution in [3.63, 3.8) is 0 Å². The van der Waals surface area contributed by atoms with Crippen molar-refractivity contribution in [2.75, 3.05) is 5.73 Å². The molecule has 6 aliphatic rings. The van der Waals surface area contributed by atoms with Crippen molar-refractivity contribution >= 4 is 86.3 Å². The number of nitrogens with two attached hydrogens (primary N) is 1. The van der Waals surface area contributed by atoms with E-state index >= 15 is 0 Å². The zero-order valence-electron chi connectivity index (χ0n) is 33.8. The molecule has 60 heavy (non-hydrogen) atoms. The van der Waals surface area contributed by atoms with Gasteiger partial charge in [-0.3, -0.25) is 10.1 Å². The average Bonchev–Trinajstić information content (AvgIpc) is 4.11. The van der Waals surface area contributed by atoms with Crippen LogP contribution in [0, 0.1) is 22.9 Å². The first-order chi connectivity index (χ1) is 28.8. The second kappa shape index (κ2) is 18.9. The van der Waals surface area contributed by atoms with E-state index in [0.717, 1.165) is 45.2 Å². The van der Waals surface area contributed by atoms with Gasteiger partial charge < -0.3 is 48.7 Å². The summed E-state index contributed by atoms with van der Waals surface area (Å²) < 4.78 is 44.4. The van der Waals surface area contributed by atoms with Crippen molar-refractivity contribution in [3.8, 4) is 0 Å². The third-order valence-corrected chi connectivity index (χ3v) is 11.2. The van der Waals surface area contributed by atoms with Gasteiger partial charge in [-0.05, 0) is 91.3 Å². The largest absolute Gasteiger partial charge is 0.492 e. The Morgan fingerprint density at radius 3 is 1.65 bits per heavy atom. The van der Waals surface area contributed by atoms with Crippen LogP contribution in [-0.2, 0) is 67.6 Å². The van der Waals surface area contributed by atoms with Crippen LogP contribution in [0.4, 0.5) is 15.8 Å². The van der Waals surface area contributed by atoms with Gasteiger partial charge in [0.1, 0.15) is 5.82 Å². The normalized spacial score (nSPS) is 15.9. The zero-order chi connectivity index (χ0) is 42.7. The molecule has 5 aromatic rings. The van der Waals surface area contributed by atoms with Crippen molar-refractivity contribution < 1.29 is 52.3 Å². The third kappa shape index (κ3) is 9.57. The number of rotatable bonds is 1. The van der Waals surface area contributed by atoms with Crippen LogP contribution in [-0.4, -0.2) is 62.1 Å². The number of non-ortho nitro benzene ring substituents is 1. The number of nitrogens with zero attached hydrogens (tertiary/aromatic N) is 1. The van der Waals surface area contributed by atoms with Crippen molar-refractivity contribution in [2.45, 2.75) is 67.0 Å².